The number of nitrogens with zero attached hydrogens (tertiary/aromatic N) is 1. The van der Waals surface area contributed by atoms with Crippen molar-refractivity contribution in [3.05, 3.63) is 16.1 Å². The van der Waals surface area contributed by atoms with Crippen LogP contribution in [-0.2, 0) is 0 Å². The molecule has 0 saturated heterocycles. The van der Waals surface area contributed by atoms with Crippen molar-refractivity contribution in [3.63, 3.8) is 0 Å². The van der Waals surface area contributed by atoms with Crippen LogP contribution in [0, 0.1) is 6.92 Å². The predicted molar refractivity (Wildman–Crippen MR) is 44.3 cm³/mol. The van der Waals surface area contributed by atoms with E-state index in [9.17, 15) is 0 Å². The smallest absolute Gasteiger partial charge is 0.0968 e. The molecule has 0 unspecified atom stereocenters. The minimum atomic E-state index is 0.415. The van der Waals surface area contributed by atoms with Crippen molar-refractivity contribution in [2.45, 2.75) is 19.8 Å². The molecule has 1 rings (SSSR count). The lowest BCUT2D eigenvalue weighted by molar-refractivity contribution is 0.763. The summed E-state index contributed by atoms with van der Waals surface area (Å²) >= 11 is 1.69. The van der Waals surface area contributed by atoms with Crippen LogP contribution < -0.4 is 5.73 Å². The van der Waals surface area contributed by atoms with Gasteiger partial charge in [0.15, 0.2) is 0 Å². The molecule has 56 valence electrons. The molecule has 0 bridgehead atoms. The molecule has 0 aliphatic carbocycles. The largest absolute Gasteiger partial charge is 0.330 e. The molecule has 0 aromatic carbocycles. The van der Waals surface area contributed by atoms with Crippen molar-refractivity contribution in [1.82, 2.24) is 4.98 Å². The van der Waals surface area contributed by atoms with Crippen LogP contribution in [0.3, 0.4) is 0 Å². The molecule has 3 heteroatoms. The van der Waals surface area contributed by atoms with Crippen LogP contribution in [0.1, 0.15) is 23.5 Å². The van der Waals surface area contributed by atoms with E-state index >= 15 is 0 Å². The molecule has 10 heavy (non-hydrogen) atoms. The summed E-state index contributed by atoms with van der Waals surface area (Å²) in [5.41, 5.74) is 6.58. The number of rotatable bonds is 2. The minimum absolute atomic E-state index is 0.415. The third kappa shape index (κ3) is 1.55. The molecule has 0 radical (unpaired) electrons. The Morgan fingerprint density at radius 3 is 2.90 bits per heavy atom. The van der Waals surface area contributed by atoms with E-state index in [1.165, 1.54) is 0 Å². The highest BCUT2D eigenvalue weighted by atomic mass is 32.1. The SMILES string of the molecule is Cc1csc([C@@H](C)CN)n1. The van der Waals surface area contributed by atoms with Crippen molar-refractivity contribution < 1.29 is 0 Å². The summed E-state index contributed by atoms with van der Waals surface area (Å²) in [6.07, 6.45) is 0. The molecule has 0 saturated carbocycles. The highest BCUT2D eigenvalue weighted by Gasteiger charge is 2.05. The monoisotopic (exact) mass is 156 g/mol. The van der Waals surface area contributed by atoms with Crippen LogP contribution >= 0.6 is 11.3 Å². The highest BCUT2D eigenvalue weighted by Crippen LogP contribution is 2.17. The molecule has 2 nitrogen and oxygen atoms in total. The molecule has 0 spiro atoms. The number of hydrogen-bond acceptors (Lipinski definition) is 3. The van der Waals surface area contributed by atoms with Crippen molar-refractivity contribution in [1.29, 1.82) is 0 Å². The number of thiazole rings is 1. The van der Waals surface area contributed by atoms with E-state index in [0.717, 1.165) is 10.7 Å². The molecular formula is C7H12N2S. The normalized spacial score (nSPS) is 13.5. The maximum Gasteiger partial charge on any atom is 0.0968 e. The zero-order valence-electron chi connectivity index (χ0n) is 6.29. The Kier molecular flexibility index (Phi) is 2.40. The minimum Gasteiger partial charge on any atom is -0.330 e. The van der Waals surface area contributed by atoms with E-state index in [2.05, 4.69) is 17.3 Å². The summed E-state index contributed by atoms with van der Waals surface area (Å²) in [5, 5.41) is 3.21. The van der Waals surface area contributed by atoms with Gasteiger partial charge in [0.2, 0.25) is 0 Å². The quantitative estimate of drug-likeness (QED) is 0.705. The lowest BCUT2D eigenvalue weighted by atomic mass is 10.2. The van der Waals surface area contributed by atoms with Crippen LogP contribution in [0.4, 0.5) is 0 Å². The molecule has 0 aliphatic heterocycles. The van der Waals surface area contributed by atoms with Gasteiger partial charge in [-0.15, -0.1) is 11.3 Å². The zero-order valence-corrected chi connectivity index (χ0v) is 7.11. The van der Waals surface area contributed by atoms with Crippen LogP contribution in [0.25, 0.3) is 0 Å². The molecule has 0 fully saturated rings. The highest BCUT2D eigenvalue weighted by molar-refractivity contribution is 7.09. The van der Waals surface area contributed by atoms with Crippen molar-refractivity contribution in [2.24, 2.45) is 5.73 Å². The van der Waals surface area contributed by atoms with Crippen LogP contribution in [-0.4, -0.2) is 11.5 Å². The van der Waals surface area contributed by atoms with E-state index in [1.54, 1.807) is 11.3 Å². The molecule has 0 aliphatic rings. The van der Waals surface area contributed by atoms with Gasteiger partial charge in [-0.25, -0.2) is 4.98 Å². The first kappa shape index (κ1) is 7.69. The predicted octanol–water partition coefficient (Wildman–Crippen LogP) is 1.51. The fraction of sp³-hybridized carbons (Fsp3) is 0.571. The zero-order chi connectivity index (χ0) is 7.56. The second-order valence-corrected chi connectivity index (χ2v) is 3.35. The van der Waals surface area contributed by atoms with Gasteiger partial charge in [0.25, 0.3) is 0 Å². The van der Waals surface area contributed by atoms with E-state index in [4.69, 9.17) is 5.73 Å². The van der Waals surface area contributed by atoms with E-state index < -0.39 is 0 Å². The lowest BCUT2D eigenvalue weighted by Gasteiger charge is -2.01. The second-order valence-electron chi connectivity index (χ2n) is 2.46. The number of hydrogen-bond donors (Lipinski definition) is 1. The standard InChI is InChI=1S/C7H12N2S/c1-5(3-8)7-9-6(2)4-10-7/h4-5H,3,8H2,1-2H3/t5-/m0/s1. The maximum absolute atomic E-state index is 5.48. The number of nitrogens with two attached hydrogens (primary N) is 1. The maximum atomic E-state index is 5.48. The van der Waals surface area contributed by atoms with Crippen LogP contribution in [0.2, 0.25) is 0 Å². The van der Waals surface area contributed by atoms with Gasteiger partial charge in [-0.3, -0.25) is 0 Å². The van der Waals surface area contributed by atoms with Crippen molar-refractivity contribution in [2.75, 3.05) is 6.54 Å². The average molecular weight is 156 g/mol. The topological polar surface area (TPSA) is 38.9 Å². The fourth-order valence-electron chi connectivity index (χ4n) is 0.699. The van der Waals surface area contributed by atoms with Gasteiger partial charge in [0.05, 0.1) is 5.01 Å². The first-order valence-corrected chi connectivity index (χ1v) is 4.24. The van der Waals surface area contributed by atoms with Gasteiger partial charge in [0, 0.05) is 23.5 Å². The molecule has 0 amide bonds. The molecule has 1 aromatic heterocycles. The Hall–Kier alpha value is -0.410. The summed E-state index contributed by atoms with van der Waals surface area (Å²) in [6.45, 7) is 4.79. The molecular weight excluding hydrogens is 144 g/mol. The Bertz CT molecular complexity index is 207. The Morgan fingerprint density at radius 1 is 1.80 bits per heavy atom. The number of aryl methyl sites for hydroxylation is 1. The average Bonchev–Trinajstić information content (AvgIpc) is 2.34. The first-order valence-electron chi connectivity index (χ1n) is 3.36. The third-order valence-electron chi connectivity index (χ3n) is 1.41. The first-order chi connectivity index (χ1) is 4.74. The van der Waals surface area contributed by atoms with Crippen LogP contribution in [0.15, 0.2) is 5.38 Å². The van der Waals surface area contributed by atoms with Gasteiger partial charge >= 0.3 is 0 Å². The second kappa shape index (κ2) is 3.12. The Labute approximate surface area is 65.1 Å². The molecule has 1 heterocycles. The summed E-state index contributed by atoms with van der Waals surface area (Å²) in [4.78, 5) is 4.32. The summed E-state index contributed by atoms with van der Waals surface area (Å²) < 4.78 is 0. The van der Waals surface area contributed by atoms with Crippen LogP contribution in [0.5, 0.6) is 0 Å². The molecule has 1 atom stereocenters. The Morgan fingerprint density at radius 2 is 2.50 bits per heavy atom. The Balaban J connectivity index is 2.74. The van der Waals surface area contributed by atoms with Gasteiger partial charge in [-0.05, 0) is 6.92 Å². The fourth-order valence-corrected chi connectivity index (χ4v) is 1.57. The molecule has 2 N–H and O–H groups in total. The van der Waals surface area contributed by atoms with Gasteiger partial charge in [0.1, 0.15) is 0 Å². The van der Waals surface area contributed by atoms with Gasteiger partial charge in [-0.2, -0.15) is 0 Å². The summed E-state index contributed by atoms with van der Waals surface area (Å²) in [5.74, 6) is 0.415. The summed E-state index contributed by atoms with van der Waals surface area (Å²) in [6, 6.07) is 0. The van der Waals surface area contributed by atoms with E-state index in [0.29, 0.717) is 12.5 Å². The third-order valence-corrected chi connectivity index (χ3v) is 2.61. The van der Waals surface area contributed by atoms with E-state index in [-0.39, 0.29) is 0 Å². The number of aromatic nitrogens is 1. The van der Waals surface area contributed by atoms with Gasteiger partial charge < -0.3 is 5.73 Å². The summed E-state index contributed by atoms with van der Waals surface area (Å²) in [7, 11) is 0. The van der Waals surface area contributed by atoms with Crippen molar-refractivity contribution >= 4 is 11.3 Å². The van der Waals surface area contributed by atoms with Crippen molar-refractivity contribution in [3.8, 4) is 0 Å². The van der Waals surface area contributed by atoms with Gasteiger partial charge in [-0.1, -0.05) is 6.92 Å². The molecule has 1 aromatic rings. The lowest BCUT2D eigenvalue weighted by Crippen LogP contribution is -2.08. The van der Waals surface area contributed by atoms with E-state index in [1.807, 2.05) is 6.92 Å².